The minimum Gasteiger partial charge on any atom is -0.469 e. The lowest BCUT2D eigenvalue weighted by Gasteiger charge is -2.06. The van der Waals surface area contributed by atoms with E-state index in [4.69, 9.17) is 10.2 Å². The smallest absolute Gasteiger partial charge is 0.147 e. The highest BCUT2D eigenvalue weighted by atomic mass is 16.3. The summed E-state index contributed by atoms with van der Waals surface area (Å²) in [6.45, 7) is 4.95. The molecule has 0 aliphatic carbocycles. The molecule has 0 spiro atoms. The van der Waals surface area contributed by atoms with Gasteiger partial charge in [0.2, 0.25) is 0 Å². The number of aryl methyl sites for hydroxylation is 1. The highest BCUT2D eigenvalue weighted by molar-refractivity contribution is 5.65. The largest absolute Gasteiger partial charge is 0.469 e. The second-order valence-electron chi connectivity index (χ2n) is 4.68. The Morgan fingerprint density at radius 2 is 2.28 bits per heavy atom. The maximum absolute atomic E-state index is 6.10. The number of nitrogens with two attached hydrogens (primary N) is 1. The molecule has 5 heteroatoms. The molecule has 0 aliphatic rings. The minimum atomic E-state index is 0.330. The third kappa shape index (κ3) is 2.50. The lowest BCUT2D eigenvalue weighted by Crippen LogP contribution is -2.09. The summed E-state index contributed by atoms with van der Waals surface area (Å²) in [6, 6.07) is 3.86. The zero-order valence-electron chi connectivity index (χ0n) is 11.1. The van der Waals surface area contributed by atoms with Crippen molar-refractivity contribution in [2.24, 2.45) is 7.05 Å². The van der Waals surface area contributed by atoms with Crippen molar-refractivity contribution in [3.63, 3.8) is 0 Å². The van der Waals surface area contributed by atoms with E-state index in [0.717, 1.165) is 35.9 Å². The topological polar surface area (TPSA) is 69.0 Å². The van der Waals surface area contributed by atoms with E-state index in [9.17, 15) is 0 Å². The Bertz CT molecular complexity index is 499. The highest BCUT2D eigenvalue weighted by Gasteiger charge is 2.15. The van der Waals surface area contributed by atoms with Crippen molar-refractivity contribution in [2.75, 3.05) is 17.6 Å². The number of hydrogen-bond donors (Lipinski definition) is 2. The van der Waals surface area contributed by atoms with Crippen molar-refractivity contribution in [1.29, 1.82) is 0 Å². The molecule has 0 unspecified atom stereocenters. The average Bonchev–Trinajstić information content (AvgIpc) is 2.91. The van der Waals surface area contributed by atoms with Crippen LogP contribution in [0, 0.1) is 0 Å². The van der Waals surface area contributed by atoms with Gasteiger partial charge in [-0.15, -0.1) is 0 Å². The molecule has 0 saturated carbocycles. The van der Waals surface area contributed by atoms with E-state index in [1.807, 2.05) is 19.2 Å². The summed E-state index contributed by atoms with van der Waals surface area (Å²) in [5, 5.41) is 7.74. The first kappa shape index (κ1) is 12.5. The molecule has 0 bridgehead atoms. The Morgan fingerprint density at radius 3 is 2.83 bits per heavy atom. The van der Waals surface area contributed by atoms with Crippen molar-refractivity contribution in [3.8, 4) is 0 Å². The second-order valence-corrected chi connectivity index (χ2v) is 4.68. The van der Waals surface area contributed by atoms with Crippen LogP contribution in [0.25, 0.3) is 0 Å². The maximum Gasteiger partial charge on any atom is 0.147 e. The fourth-order valence-electron chi connectivity index (χ4n) is 1.96. The summed E-state index contributed by atoms with van der Waals surface area (Å²) < 4.78 is 7.08. The maximum atomic E-state index is 6.10. The molecule has 18 heavy (non-hydrogen) atoms. The van der Waals surface area contributed by atoms with Gasteiger partial charge in [0.05, 0.1) is 17.6 Å². The van der Waals surface area contributed by atoms with E-state index in [-0.39, 0.29) is 0 Å². The van der Waals surface area contributed by atoms with Crippen LogP contribution >= 0.6 is 0 Å². The number of nitrogens with zero attached hydrogens (tertiary/aromatic N) is 2. The first-order chi connectivity index (χ1) is 8.59. The van der Waals surface area contributed by atoms with Gasteiger partial charge in [-0.1, -0.05) is 13.8 Å². The number of rotatable bonds is 5. The summed E-state index contributed by atoms with van der Waals surface area (Å²) in [4.78, 5) is 0. The number of nitrogen functional groups attached to an aromatic ring is 1. The third-order valence-electron chi connectivity index (χ3n) is 2.90. The van der Waals surface area contributed by atoms with Crippen LogP contribution in [0.2, 0.25) is 0 Å². The van der Waals surface area contributed by atoms with Crippen LogP contribution < -0.4 is 11.1 Å². The molecule has 3 N–H and O–H groups in total. The van der Waals surface area contributed by atoms with Gasteiger partial charge in [0.25, 0.3) is 0 Å². The first-order valence-electron chi connectivity index (χ1n) is 6.18. The van der Waals surface area contributed by atoms with E-state index >= 15 is 0 Å². The van der Waals surface area contributed by atoms with Crippen LogP contribution in [0.5, 0.6) is 0 Å². The summed E-state index contributed by atoms with van der Waals surface area (Å²) in [6.07, 6.45) is 2.51. The molecule has 0 atom stereocenters. The summed E-state index contributed by atoms with van der Waals surface area (Å²) in [7, 11) is 1.90. The van der Waals surface area contributed by atoms with Gasteiger partial charge in [0, 0.05) is 20.0 Å². The average molecular weight is 248 g/mol. The van der Waals surface area contributed by atoms with E-state index in [1.165, 1.54) is 0 Å². The Labute approximate surface area is 107 Å². The van der Waals surface area contributed by atoms with Gasteiger partial charge >= 0.3 is 0 Å². The van der Waals surface area contributed by atoms with E-state index < -0.39 is 0 Å². The van der Waals surface area contributed by atoms with Crippen LogP contribution in [-0.4, -0.2) is 16.3 Å². The summed E-state index contributed by atoms with van der Waals surface area (Å²) in [5.74, 6) is 2.18. The number of furan rings is 1. The number of aromatic nitrogens is 2. The molecule has 0 saturated heterocycles. The van der Waals surface area contributed by atoms with Gasteiger partial charge in [-0.2, -0.15) is 5.10 Å². The monoisotopic (exact) mass is 248 g/mol. The molecule has 98 valence electrons. The van der Waals surface area contributed by atoms with Crippen LogP contribution in [0.15, 0.2) is 22.8 Å². The molecule has 2 aromatic rings. The molecular weight excluding hydrogens is 228 g/mol. The first-order valence-corrected chi connectivity index (χ1v) is 6.18. The lowest BCUT2D eigenvalue weighted by molar-refractivity contribution is 0.512. The third-order valence-corrected chi connectivity index (χ3v) is 2.90. The standard InChI is InChI=1S/C13H20N4O/c1-9(2)12-11(14)13(17(3)16-12)15-7-6-10-5-4-8-18-10/h4-5,8-9,15H,6-7,14H2,1-3H3. The van der Waals surface area contributed by atoms with Crippen molar-refractivity contribution < 1.29 is 4.42 Å². The van der Waals surface area contributed by atoms with Crippen molar-refractivity contribution in [3.05, 3.63) is 29.9 Å². The van der Waals surface area contributed by atoms with Gasteiger partial charge in [0.1, 0.15) is 11.6 Å². The molecule has 0 aromatic carbocycles. The van der Waals surface area contributed by atoms with Gasteiger partial charge in [0.15, 0.2) is 0 Å². The second kappa shape index (κ2) is 5.16. The number of nitrogens with one attached hydrogen (secondary N) is 1. The lowest BCUT2D eigenvalue weighted by atomic mass is 10.1. The minimum absolute atomic E-state index is 0.330. The molecule has 0 fully saturated rings. The number of anilines is 2. The van der Waals surface area contributed by atoms with Gasteiger partial charge in [-0.3, -0.25) is 4.68 Å². The number of hydrogen-bond acceptors (Lipinski definition) is 4. The van der Waals surface area contributed by atoms with Gasteiger partial charge < -0.3 is 15.5 Å². The molecule has 0 radical (unpaired) electrons. The highest BCUT2D eigenvalue weighted by Crippen LogP contribution is 2.27. The van der Waals surface area contributed by atoms with Crippen molar-refractivity contribution in [1.82, 2.24) is 9.78 Å². The predicted octanol–water partition coefficient (Wildman–Crippen LogP) is 2.37. The van der Waals surface area contributed by atoms with Crippen LogP contribution in [-0.2, 0) is 13.5 Å². The quantitative estimate of drug-likeness (QED) is 0.852. The fourth-order valence-corrected chi connectivity index (χ4v) is 1.96. The molecule has 0 amide bonds. The Kier molecular flexibility index (Phi) is 3.60. The molecule has 5 nitrogen and oxygen atoms in total. The Morgan fingerprint density at radius 1 is 1.50 bits per heavy atom. The zero-order valence-corrected chi connectivity index (χ0v) is 11.1. The van der Waals surface area contributed by atoms with Crippen molar-refractivity contribution in [2.45, 2.75) is 26.2 Å². The Balaban J connectivity index is 2.01. The van der Waals surface area contributed by atoms with Gasteiger partial charge in [-0.25, -0.2) is 0 Å². The molecule has 2 aromatic heterocycles. The van der Waals surface area contributed by atoms with Crippen LogP contribution in [0.3, 0.4) is 0 Å². The molecule has 0 aliphatic heterocycles. The van der Waals surface area contributed by atoms with Gasteiger partial charge in [-0.05, 0) is 18.1 Å². The zero-order chi connectivity index (χ0) is 13.1. The molecule has 2 heterocycles. The molecular formula is C13H20N4O. The van der Waals surface area contributed by atoms with Crippen LogP contribution in [0.1, 0.15) is 31.2 Å². The van der Waals surface area contributed by atoms with E-state index in [1.54, 1.807) is 10.9 Å². The van der Waals surface area contributed by atoms with E-state index in [2.05, 4.69) is 24.3 Å². The normalized spacial score (nSPS) is 11.1. The molecule has 2 rings (SSSR count). The predicted molar refractivity (Wildman–Crippen MR) is 72.6 cm³/mol. The van der Waals surface area contributed by atoms with Crippen molar-refractivity contribution >= 4 is 11.5 Å². The van der Waals surface area contributed by atoms with Crippen LogP contribution in [0.4, 0.5) is 11.5 Å². The summed E-state index contributed by atoms with van der Waals surface area (Å²) in [5.41, 5.74) is 7.78. The summed E-state index contributed by atoms with van der Waals surface area (Å²) >= 11 is 0. The fraction of sp³-hybridized carbons (Fsp3) is 0.462. The SMILES string of the molecule is CC(C)c1nn(C)c(NCCc2ccco2)c1N. The van der Waals surface area contributed by atoms with E-state index in [0.29, 0.717) is 5.92 Å². The Hall–Kier alpha value is -1.91.